The first-order chi connectivity index (χ1) is 13.8. The minimum absolute atomic E-state index is 0.0209. The van der Waals surface area contributed by atoms with Crippen LogP contribution < -0.4 is 4.80 Å². The Morgan fingerprint density at radius 3 is 2.59 bits per heavy atom. The SMILES string of the molecule is COC(=O)Cn1c(=NC(=O)Cc2cc(C)ccc2C)sc2cc(C(C)C)ccc21. The molecular weight excluding hydrogens is 384 g/mol. The number of aromatic nitrogens is 1. The normalized spacial score (nSPS) is 12.0. The average Bonchev–Trinajstić information content (AvgIpc) is 3.00. The van der Waals surface area contributed by atoms with E-state index in [9.17, 15) is 9.59 Å². The lowest BCUT2D eigenvalue weighted by Crippen LogP contribution is -2.22. The summed E-state index contributed by atoms with van der Waals surface area (Å²) in [5, 5.41) is 0. The summed E-state index contributed by atoms with van der Waals surface area (Å²) in [5.41, 5.74) is 5.24. The lowest BCUT2D eigenvalue weighted by molar-refractivity contribution is -0.141. The molecule has 0 fully saturated rings. The molecule has 0 N–H and O–H groups in total. The molecule has 1 amide bonds. The summed E-state index contributed by atoms with van der Waals surface area (Å²) in [6.45, 7) is 8.29. The summed E-state index contributed by atoms with van der Waals surface area (Å²) >= 11 is 1.42. The van der Waals surface area contributed by atoms with Crippen LogP contribution in [0.3, 0.4) is 0 Å². The number of fused-ring (bicyclic) bond motifs is 1. The van der Waals surface area contributed by atoms with Crippen molar-refractivity contribution in [2.75, 3.05) is 7.11 Å². The Bertz CT molecular complexity index is 1140. The van der Waals surface area contributed by atoms with Gasteiger partial charge < -0.3 is 9.30 Å². The van der Waals surface area contributed by atoms with Crippen LogP contribution in [-0.2, 0) is 27.3 Å². The Balaban J connectivity index is 2.05. The molecule has 0 saturated heterocycles. The molecule has 0 radical (unpaired) electrons. The maximum atomic E-state index is 12.7. The number of ether oxygens (including phenoxy) is 1. The van der Waals surface area contributed by atoms with Gasteiger partial charge in [0.2, 0.25) is 0 Å². The summed E-state index contributed by atoms with van der Waals surface area (Å²) in [6, 6.07) is 12.2. The van der Waals surface area contributed by atoms with Gasteiger partial charge in [-0.2, -0.15) is 4.99 Å². The van der Waals surface area contributed by atoms with E-state index in [1.54, 1.807) is 4.57 Å². The van der Waals surface area contributed by atoms with Crippen molar-refractivity contribution in [1.82, 2.24) is 4.57 Å². The number of aryl methyl sites for hydroxylation is 2. The number of methoxy groups -OCH3 is 1. The maximum absolute atomic E-state index is 12.7. The molecule has 0 atom stereocenters. The van der Waals surface area contributed by atoms with Crippen molar-refractivity contribution in [2.45, 2.75) is 46.6 Å². The van der Waals surface area contributed by atoms with Crippen molar-refractivity contribution >= 4 is 33.4 Å². The molecule has 152 valence electrons. The Labute approximate surface area is 174 Å². The number of carbonyl (C=O) groups excluding carboxylic acids is 2. The van der Waals surface area contributed by atoms with Crippen molar-refractivity contribution < 1.29 is 14.3 Å². The Hall–Kier alpha value is -2.73. The van der Waals surface area contributed by atoms with Gasteiger partial charge in [-0.3, -0.25) is 9.59 Å². The average molecular weight is 411 g/mol. The third-order valence-electron chi connectivity index (χ3n) is 4.96. The first-order valence-electron chi connectivity index (χ1n) is 9.62. The first kappa shape index (κ1) is 21.0. The zero-order valence-corrected chi connectivity index (χ0v) is 18.3. The zero-order valence-electron chi connectivity index (χ0n) is 17.5. The van der Waals surface area contributed by atoms with Gasteiger partial charge in [-0.25, -0.2) is 0 Å². The van der Waals surface area contributed by atoms with Gasteiger partial charge in [0.15, 0.2) is 4.80 Å². The van der Waals surface area contributed by atoms with Gasteiger partial charge in [0, 0.05) is 0 Å². The van der Waals surface area contributed by atoms with Crippen molar-refractivity contribution in [2.24, 2.45) is 4.99 Å². The number of nitrogens with zero attached hydrogens (tertiary/aromatic N) is 2. The number of thiazole rings is 1. The molecule has 5 nitrogen and oxygen atoms in total. The summed E-state index contributed by atoms with van der Waals surface area (Å²) in [5.74, 6) is -0.212. The maximum Gasteiger partial charge on any atom is 0.325 e. The number of benzene rings is 2. The van der Waals surface area contributed by atoms with Crippen LogP contribution in [0, 0.1) is 13.8 Å². The molecule has 0 bridgehead atoms. The molecule has 0 saturated carbocycles. The van der Waals surface area contributed by atoms with E-state index in [1.165, 1.54) is 24.0 Å². The number of hydrogen-bond acceptors (Lipinski definition) is 4. The lowest BCUT2D eigenvalue weighted by atomic mass is 10.0. The molecule has 2 aromatic carbocycles. The summed E-state index contributed by atoms with van der Waals surface area (Å²) in [6.07, 6.45) is 0.233. The van der Waals surface area contributed by atoms with E-state index in [1.807, 2.05) is 38.1 Å². The number of esters is 1. The van der Waals surface area contributed by atoms with E-state index >= 15 is 0 Å². The van der Waals surface area contributed by atoms with Crippen molar-refractivity contribution in [3.05, 3.63) is 63.5 Å². The molecule has 6 heteroatoms. The molecular formula is C23H26N2O3S. The molecule has 1 heterocycles. The highest BCUT2D eigenvalue weighted by atomic mass is 32.1. The van der Waals surface area contributed by atoms with Crippen molar-refractivity contribution in [3.8, 4) is 0 Å². The molecule has 0 spiro atoms. The standard InChI is InChI=1S/C23H26N2O3S/c1-14(2)17-8-9-19-20(11-17)29-23(25(19)13-22(27)28-5)24-21(26)12-18-10-15(3)6-7-16(18)4/h6-11,14H,12-13H2,1-5H3. The van der Waals surface area contributed by atoms with Crippen LogP contribution in [0.25, 0.3) is 10.2 Å². The van der Waals surface area contributed by atoms with E-state index in [0.717, 1.165) is 26.9 Å². The highest BCUT2D eigenvalue weighted by Gasteiger charge is 2.14. The third kappa shape index (κ3) is 4.82. The number of carbonyl (C=O) groups is 2. The van der Waals surface area contributed by atoms with Crippen LogP contribution in [0.5, 0.6) is 0 Å². The fourth-order valence-electron chi connectivity index (χ4n) is 3.18. The van der Waals surface area contributed by atoms with Gasteiger partial charge in [0.05, 0.1) is 23.7 Å². The minimum atomic E-state index is -0.374. The minimum Gasteiger partial charge on any atom is -0.468 e. The lowest BCUT2D eigenvalue weighted by Gasteiger charge is -2.07. The van der Waals surface area contributed by atoms with E-state index in [0.29, 0.717) is 10.7 Å². The topological polar surface area (TPSA) is 60.7 Å². The van der Waals surface area contributed by atoms with E-state index in [-0.39, 0.29) is 24.8 Å². The predicted octanol–water partition coefficient (Wildman–Crippen LogP) is 4.29. The van der Waals surface area contributed by atoms with Crippen molar-refractivity contribution in [3.63, 3.8) is 0 Å². The second-order valence-corrected chi connectivity index (χ2v) is 8.55. The van der Waals surface area contributed by atoms with Crippen LogP contribution in [0.1, 0.15) is 42.0 Å². The van der Waals surface area contributed by atoms with E-state index in [2.05, 4.69) is 31.0 Å². The molecule has 0 aliphatic rings. The molecule has 0 unspecified atom stereocenters. The highest BCUT2D eigenvalue weighted by molar-refractivity contribution is 7.16. The largest absolute Gasteiger partial charge is 0.468 e. The van der Waals surface area contributed by atoms with Gasteiger partial charge in [-0.15, -0.1) is 0 Å². The van der Waals surface area contributed by atoms with Gasteiger partial charge in [0.25, 0.3) is 5.91 Å². The second kappa shape index (κ2) is 8.74. The fourth-order valence-corrected chi connectivity index (χ4v) is 4.28. The van der Waals surface area contributed by atoms with Crippen LogP contribution in [0.2, 0.25) is 0 Å². The molecule has 29 heavy (non-hydrogen) atoms. The number of hydrogen-bond donors (Lipinski definition) is 0. The summed E-state index contributed by atoms with van der Waals surface area (Å²) in [4.78, 5) is 29.5. The predicted molar refractivity (Wildman–Crippen MR) is 116 cm³/mol. The quantitative estimate of drug-likeness (QED) is 0.590. The smallest absolute Gasteiger partial charge is 0.325 e. The molecule has 3 aromatic rings. The number of amides is 1. The number of rotatable bonds is 5. The fraction of sp³-hybridized carbons (Fsp3) is 0.348. The van der Waals surface area contributed by atoms with Crippen molar-refractivity contribution in [1.29, 1.82) is 0 Å². The summed E-state index contributed by atoms with van der Waals surface area (Å²) < 4.78 is 7.60. The molecule has 0 aliphatic heterocycles. The first-order valence-corrected chi connectivity index (χ1v) is 10.4. The zero-order chi connectivity index (χ0) is 21.1. The van der Waals surface area contributed by atoms with Crippen LogP contribution >= 0.6 is 11.3 Å². The molecule has 0 aliphatic carbocycles. The van der Waals surface area contributed by atoms with E-state index < -0.39 is 0 Å². The Morgan fingerprint density at radius 1 is 1.14 bits per heavy atom. The molecule has 3 rings (SSSR count). The molecule has 1 aromatic heterocycles. The second-order valence-electron chi connectivity index (χ2n) is 7.54. The third-order valence-corrected chi connectivity index (χ3v) is 6.00. The van der Waals surface area contributed by atoms with Crippen LogP contribution in [-0.4, -0.2) is 23.6 Å². The van der Waals surface area contributed by atoms with Gasteiger partial charge >= 0.3 is 5.97 Å². The van der Waals surface area contributed by atoms with Gasteiger partial charge in [-0.1, -0.05) is 55.0 Å². The highest BCUT2D eigenvalue weighted by Crippen LogP contribution is 2.23. The van der Waals surface area contributed by atoms with Crippen LogP contribution in [0.4, 0.5) is 0 Å². The Morgan fingerprint density at radius 2 is 1.90 bits per heavy atom. The summed E-state index contributed by atoms with van der Waals surface area (Å²) in [7, 11) is 1.36. The van der Waals surface area contributed by atoms with Gasteiger partial charge in [0.1, 0.15) is 6.54 Å². The Kier molecular flexibility index (Phi) is 6.33. The van der Waals surface area contributed by atoms with E-state index in [4.69, 9.17) is 4.74 Å². The van der Waals surface area contributed by atoms with Crippen LogP contribution in [0.15, 0.2) is 41.4 Å². The van der Waals surface area contributed by atoms with Gasteiger partial charge in [-0.05, 0) is 48.6 Å². The monoisotopic (exact) mass is 410 g/mol.